The number of nitrogens with zero attached hydrogens (tertiary/aromatic N) is 1. The number of anilines is 1. The van der Waals surface area contributed by atoms with E-state index in [1.807, 2.05) is 25.1 Å². The van der Waals surface area contributed by atoms with Crippen LogP contribution in [-0.4, -0.2) is 23.4 Å². The van der Waals surface area contributed by atoms with E-state index < -0.39 is 11.8 Å². The predicted molar refractivity (Wildman–Crippen MR) is 109 cm³/mol. The normalized spacial score (nSPS) is 10.9. The molecule has 3 N–H and O–H groups in total. The zero-order valence-electron chi connectivity index (χ0n) is 15.6. The number of halogens is 1. The van der Waals surface area contributed by atoms with Crippen molar-refractivity contribution in [2.45, 2.75) is 26.8 Å². The van der Waals surface area contributed by atoms with E-state index in [-0.39, 0.29) is 12.3 Å². The van der Waals surface area contributed by atoms with Crippen molar-refractivity contribution in [3.8, 4) is 0 Å². The van der Waals surface area contributed by atoms with Crippen molar-refractivity contribution in [3.63, 3.8) is 0 Å². The Kier molecular flexibility index (Phi) is 7.71. The topological polar surface area (TPSA) is 99.7 Å². The molecule has 0 saturated heterocycles. The zero-order chi connectivity index (χ0) is 20.5. The lowest BCUT2D eigenvalue weighted by molar-refractivity contribution is -0.136. The maximum Gasteiger partial charge on any atom is 0.329 e. The second kappa shape index (κ2) is 10.2. The van der Waals surface area contributed by atoms with E-state index in [0.29, 0.717) is 23.0 Å². The van der Waals surface area contributed by atoms with Crippen molar-refractivity contribution >= 4 is 40.7 Å². The molecular formula is C20H21ClN4O3. The molecule has 0 bridgehead atoms. The Bertz CT molecular complexity index is 895. The number of rotatable bonds is 6. The van der Waals surface area contributed by atoms with Gasteiger partial charge in [-0.1, -0.05) is 35.9 Å². The Morgan fingerprint density at radius 2 is 1.75 bits per heavy atom. The number of carbonyl (C=O) groups excluding carboxylic acids is 3. The molecule has 0 aliphatic carbocycles. The summed E-state index contributed by atoms with van der Waals surface area (Å²) in [6.45, 7) is 3.82. The molecule has 0 radical (unpaired) electrons. The van der Waals surface area contributed by atoms with Crippen molar-refractivity contribution in [3.05, 3.63) is 64.7 Å². The number of carbonyl (C=O) groups is 3. The van der Waals surface area contributed by atoms with E-state index in [4.69, 9.17) is 11.6 Å². The molecule has 28 heavy (non-hydrogen) atoms. The second-order valence-corrected chi connectivity index (χ2v) is 6.63. The van der Waals surface area contributed by atoms with Gasteiger partial charge in [-0.15, -0.1) is 0 Å². The number of nitrogens with one attached hydrogen (secondary N) is 3. The number of hydrogen-bond donors (Lipinski definition) is 3. The minimum absolute atomic E-state index is 0.00658. The summed E-state index contributed by atoms with van der Waals surface area (Å²) < 4.78 is 0. The lowest BCUT2D eigenvalue weighted by Crippen LogP contribution is -2.33. The maximum absolute atomic E-state index is 11.9. The van der Waals surface area contributed by atoms with Gasteiger partial charge in [0.2, 0.25) is 5.91 Å². The lowest BCUT2D eigenvalue weighted by atomic mass is 10.2. The highest BCUT2D eigenvalue weighted by Gasteiger charge is 2.13. The number of benzene rings is 2. The summed E-state index contributed by atoms with van der Waals surface area (Å²) in [5.74, 6) is -2.01. The standard InChI is InChI=1S/C20H21ClN4O3/c1-13-4-3-5-17(10-13)23-19(27)20(28)25-24-14(2)11-18(26)22-12-15-6-8-16(21)9-7-15/h3-10H,11-12H2,1-2H3,(H,22,26)(H,23,27)(H,25,28)/b24-14-. The third-order valence-electron chi connectivity index (χ3n) is 3.65. The summed E-state index contributed by atoms with van der Waals surface area (Å²) in [4.78, 5) is 35.6. The molecule has 0 spiro atoms. The van der Waals surface area contributed by atoms with Crippen LogP contribution in [0.3, 0.4) is 0 Å². The molecule has 0 heterocycles. The summed E-state index contributed by atoms with van der Waals surface area (Å²) >= 11 is 5.81. The van der Waals surface area contributed by atoms with Crippen molar-refractivity contribution in [2.24, 2.45) is 5.10 Å². The van der Waals surface area contributed by atoms with Crippen LogP contribution in [0.25, 0.3) is 0 Å². The average molecular weight is 401 g/mol. The Labute approximate surface area is 168 Å². The fourth-order valence-electron chi connectivity index (χ4n) is 2.24. The van der Waals surface area contributed by atoms with E-state index in [9.17, 15) is 14.4 Å². The van der Waals surface area contributed by atoms with E-state index in [2.05, 4.69) is 21.2 Å². The van der Waals surface area contributed by atoms with Gasteiger partial charge in [0.25, 0.3) is 0 Å². The number of aryl methyl sites for hydroxylation is 1. The SMILES string of the molecule is C/C(CC(=O)NCc1ccc(Cl)cc1)=N/NC(=O)C(=O)Nc1cccc(C)c1. The summed E-state index contributed by atoms with van der Waals surface area (Å²) in [5.41, 5.74) is 4.89. The largest absolute Gasteiger partial charge is 0.352 e. The van der Waals surface area contributed by atoms with Crippen molar-refractivity contribution < 1.29 is 14.4 Å². The van der Waals surface area contributed by atoms with Crippen LogP contribution in [0.4, 0.5) is 5.69 Å². The van der Waals surface area contributed by atoms with Gasteiger partial charge in [0.1, 0.15) is 0 Å². The minimum atomic E-state index is -0.914. The van der Waals surface area contributed by atoms with Crippen molar-refractivity contribution in [1.29, 1.82) is 0 Å². The molecule has 2 aromatic carbocycles. The Morgan fingerprint density at radius 3 is 2.43 bits per heavy atom. The highest BCUT2D eigenvalue weighted by atomic mass is 35.5. The fraction of sp³-hybridized carbons (Fsp3) is 0.200. The fourth-order valence-corrected chi connectivity index (χ4v) is 2.37. The summed E-state index contributed by atoms with van der Waals surface area (Å²) in [7, 11) is 0. The highest BCUT2D eigenvalue weighted by Crippen LogP contribution is 2.10. The third kappa shape index (κ3) is 7.20. The molecule has 8 heteroatoms. The minimum Gasteiger partial charge on any atom is -0.352 e. The first-order chi connectivity index (χ1) is 13.3. The van der Waals surface area contributed by atoms with Crippen LogP contribution in [0.15, 0.2) is 53.6 Å². The maximum atomic E-state index is 11.9. The van der Waals surface area contributed by atoms with Crippen molar-refractivity contribution in [2.75, 3.05) is 5.32 Å². The number of hydrogen-bond acceptors (Lipinski definition) is 4. The van der Waals surface area contributed by atoms with Gasteiger partial charge in [0.05, 0.1) is 6.42 Å². The number of hydrazone groups is 1. The van der Waals surface area contributed by atoms with Gasteiger partial charge in [-0.3, -0.25) is 14.4 Å². The summed E-state index contributed by atoms with van der Waals surface area (Å²) in [6, 6.07) is 14.2. The van der Waals surface area contributed by atoms with E-state index >= 15 is 0 Å². The Balaban J connectivity index is 1.77. The average Bonchev–Trinajstić information content (AvgIpc) is 2.65. The molecule has 0 atom stereocenters. The van der Waals surface area contributed by atoms with Gasteiger partial charge >= 0.3 is 11.8 Å². The molecule has 146 valence electrons. The first-order valence-electron chi connectivity index (χ1n) is 8.56. The Hall–Kier alpha value is -3.19. The van der Waals surface area contributed by atoms with Gasteiger partial charge in [-0.2, -0.15) is 5.10 Å². The first-order valence-corrected chi connectivity index (χ1v) is 8.93. The van der Waals surface area contributed by atoms with Crippen LogP contribution in [-0.2, 0) is 20.9 Å². The molecule has 0 aliphatic heterocycles. The zero-order valence-corrected chi connectivity index (χ0v) is 16.3. The van der Waals surface area contributed by atoms with Crippen LogP contribution in [0.1, 0.15) is 24.5 Å². The number of amides is 3. The quantitative estimate of drug-likeness (QED) is 0.395. The van der Waals surface area contributed by atoms with Crippen molar-refractivity contribution in [1.82, 2.24) is 10.7 Å². The Morgan fingerprint density at radius 1 is 1.04 bits per heavy atom. The first kappa shape index (κ1) is 21.1. The van der Waals surface area contributed by atoms with Gasteiger partial charge in [0.15, 0.2) is 0 Å². The molecule has 0 saturated carbocycles. The van der Waals surface area contributed by atoms with Gasteiger partial charge in [0, 0.05) is 23.0 Å². The monoisotopic (exact) mass is 400 g/mol. The second-order valence-electron chi connectivity index (χ2n) is 6.19. The van der Waals surface area contributed by atoms with E-state index in [1.54, 1.807) is 37.3 Å². The molecule has 0 aliphatic rings. The van der Waals surface area contributed by atoms with Crippen LogP contribution in [0, 0.1) is 6.92 Å². The molecular weight excluding hydrogens is 380 g/mol. The molecule has 2 aromatic rings. The van der Waals surface area contributed by atoms with Gasteiger partial charge < -0.3 is 10.6 Å². The molecule has 0 aromatic heterocycles. The van der Waals surface area contributed by atoms with E-state index in [1.165, 1.54) is 0 Å². The molecule has 0 unspecified atom stereocenters. The molecule has 2 rings (SSSR count). The highest BCUT2D eigenvalue weighted by molar-refractivity contribution is 6.39. The summed E-state index contributed by atoms with van der Waals surface area (Å²) in [6.07, 6.45) is -0.00658. The van der Waals surface area contributed by atoms with Crippen LogP contribution in [0.5, 0.6) is 0 Å². The van der Waals surface area contributed by atoms with Crippen LogP contribution in [0.2, 0.25) is 5.02 Å². The van der Waals surface area contributed by atoms with Gasteiger partial charge in [-0.05, 0) is 49.2 Å². The smallest absolute Gasteiger partial charge is 0.329 e. The molecule has 0 fully saturated rings. The molecule has 7 nitrogen and oxygen atoms in total. The van der Waals surface area contributed by atoms with Crippen LogP contribution < -0.4 is 16.1 Å². The predicted octanol–water partition coefficient (Wildman–Crippen LogP) is 2.79. The lowest BCUT2D eigenvalue weighted by Gasteiger charge is -2.07. The molecule has 3 amide bonds. The van der Waals surface area contributed by atoms with E-state index in [0.717, 1.165) is 11.1 Å². The van der Waals surface area contributed by atoms with Gasteiger partial charge in [-0.25, -0.2) is 5.43 Å². The summed E-state index contributed by atoms with van der Waals surface area (Å²) in [5, 5.41) is 9.64. The third-order valence-corrected chi connectivity index (χ3v) is 3.90. The van der Waals surface area contributed by atoms with Crippen LogP contribution >= 0.6 is 11.6 Å².